The summed E-state index contributed by atoms with van der Waals surface area (Å²) in [7, 11) is 1.91. The van der Waals surface area contributed by atoms with Crippen molar-refractivity contribution in [1.82, 2.24) is 20.2 Å². The molecule has 0 aliphatic carbocycles. The van der Waals surface area contributed by atoms with Gasteiger partial charge in [0.1, 0.15) is 0 Å². The van der Waals surface area contributed by atoms with Gasteiger partial charge in [-0.05, 0) is 25.0 Å². The molecule has 0 bridgehead atoms. The summed E-state index contributed by atoms with van der Waals surface area (Å²) in [5.74, 6) is 5.59. The van der Waals surface area contributed by atoms with Crippen LogP contribution < -0.4 is 11.3 Å². The van der Waals surface area contributed by atoms with Crippen molar-refractivity contribution in [1.29, 1.82) is 0 Å². The molecule has 0 saturated carbocycles. The highest BCUT2D eigenvalue weighted by atomic mass is 35.5. The number of nitrogens with zero attached hydrogens (tertiary/aromatic N) is 3. The first-order valence-corrected chi connectivity index (χ1v) is 6.61. The van der Waals surface area contributed by atoms with Crippen LogP contribution in [0, 0.1) is 0 Å². The number of hydrazine groups is 1. The molecule has 0 radical (unpaired) electrons. The molecule has 0 saturated heterocycles. The van der Waals surface area contributed by atoms with Crippen molar-refractivity contribution < 1.29 is 0 Å². The van der Waals surface area contributed by atoms with Gasteiger partial charge in [0.15, 0.2) is 0 Å². The molecule has 0 aromatic carbocycles. The third-order valence-corrected chi connectivity index (χ3v) is 3.49. The molecule has 0 spiro atoms. The molecule has 102 valence electrons. The topological polar surface area (TPSA) is 68.8 Å². The number of hydrogen-bond donors (Lipinski definition) is 2. The van der Waals surface area contributed by atoms with Crippen LogP contribution in [0.5, 0.6) is 0 Å². The van der Waals surface area contributed by atoms with Gasteiger partial charge in [0, 0.05) is 25.1 Å². The zero-order valence-corrected chi connectivity index (χ0v) is 12.0. The lowest BCUT2D eigenvalue weighted by molar-refractivity contribution is 0.496. The maximum Gasteiger partial charge on any atom is 0.0773 e. The SMILES string of the molecule is Cn1nccc1CCC(NN)c1ncc(Cl)cc1Cl. The predicted molar refractivity (Wildman–Crippen MR) is 75.9 cm³/mol. The first kappa shape index (κ1) is 14.3. The molecule has 0 aliphatic heterocycles. The molecule has 2 heterocycles. The minimum Gasteiger partial charge on any atom is -0.273 e. The Morgan fingerprint density at radius 1 is 1.47 bits per heavy atom. The van der Waals surface area contributed by atoms with Crippen LogP contribution in [0.1, 0.15) is 23.9 Å². The van der Waals surface area contributed by atoms with Gasteiger partial charge < -0.3 is 0 Å². The van der Waals surface area contributed by atoms with Crippen LogP contribution in [-0.4, -0.2) is 14.8 Å². The van der Waals surface area contributed by atoms with Gasteiger partial charge in [0.2, 0.25) is 0 Å². The van der Waals surface area contributed by atoms with E-state index in [0.29, 0.717) is 15.7 Å². The van der Waals surface area contributed by atoms with Crippen molar-refractivity contribution in [3.8, 4) is 0 Å². The highest BCUT2D eigenvalue weighted by Gasteiger charge is 2.16. The molecule has 1 unspecified atom stereocenters. The van der Waals surface area contributed by atoms with Crippen LogP contribution in [0.3, 0.4) is 0 Å². The number of halogens is 2. The molecule has 0 aliphatic rings. The molecule has 7 heteroatoms. The monoisotopic (exact) mass is 299 g/mol. The minimum absolute atomic E-state index is 0.125. The average Bonchev–Trinajstić information content (AvgIpc) is 2.78. The largest absolute Gasteiger partial charge is 0.273 e. The highest BCUT2D eigenvalue weighted by Crippen LogP contribution is 2.26. The first-order valence-electron chi connectivity index (χ1n) is 5.85. The van der Waals surface area contributed by atoms with Crippen LogP contribution in [0.25, 0.3) is 0 Å². The number of nitrogens with one attached hydrogen (secondary N) is 1. The predicted octanol–water partition coefficient (Wildman–Crippen LogP) is 2.26. The van der Waals surface area contributed by atoms with Crippen LogP contribution in [-0.2, 0) is 13.5 Å². The third-order valence-electron chi connectivity index (χ3n) is 2.98. The molecule has 19 heavy (non-hydrogen) atoms. The lowest BCUT2D eigenvalue weighted by atomic mass is 10.1. The van der Waals surface area contributed by atoms with Crippen molar-refractivity contribution in [3.05, 3.63) is 46.0 Å². The van der Waals surface area contributed by atoms with E-state index >= 15 is 0 Å². The normalized spacial score (nSPS) is 12.6. The summed E-state index contributed by atoms with van der Waals surface area (Å²) in [4.78, 5) is 4.24. The van der Waals surface area contributed by atoms with Crippen molar-refractivity contribution in [2.24, 2.45) is 12.9 Å². The Bertz CT molecular complexity index is 555. The number of aryl methyl sites for hydroxylation is 2. The van der Waals surface area contributed by atoms with Gasteiger partial charge in [-0.25, -0.2) is 0 Å². The van der Waals surface area contributed by atoms with E-state index in [1.54, 1.807) is 18.5 Å². The second-order valence-electron chi connectivity index (χ2n) is 4.22. The van der Waals surface area contributed by atoms with Crippen molar-refractivity contribution in [2.45, 2.75) is 18.9 Å². The zero-order chi connectivity index (χ0) is 13.8. The number of rotatable bonds is 5. The molecule has 2 aromatic rings. The van der Waals surface area contributed by atoms with Gasteiger partial charge in [-0.1, -0.05) is 23.2 Å². The highest BCUT2D eigenvalue weighted by molar-refractivity contribution is 6.34. The summed E-state index contributed by atoms with van der Waals surface area (Å²) >= 11 is 12.0. The summed E-state index contributed by atoms with van der Waals surface area (Å²) in [5.41, 5.74) is 4.58. The second kappa shape index (κ2) is 6.34. The summed E-state index contributed by atoms with van der Waals surface area (Å²) in [5, 5.41) is 5.15. The van der Waals surface area contributed by atoms with Crippen molar-refractivity contribution in [2.75, 3.05) is 0 Å². The summed E-state index contributed by atoms with van der Waals surface area (Å²) in [6, 6.07) is 3.52. The number of pyridine rings is 1. The summed E-state index contributed by atoms with van der Waals surface area (Å²) < 4.78 is 1.84. The molecule has 0 fully saturated rings. The lowest BCUT2D eigenvalue weighted by Gasteiger charge is -2.16. The smallest absolute Gasteiger partial charge is 0.0773 e. The maximum atomic E-state index is 6.13. The van der Waals surface area contributed by atoms with Crippen molar-refractivity contribution in [3.63, 3.8) is 0 Å². The Labute approximate surface area is 121 Å². The summed E-state index contributed by atoms with van der Waals surface area (Å²) in [6.07, 6.45) is 4.93. The second-order valence-corrected chi connectivity index (χ2v) is 5.07. The molecule has 2 aromatic heterocycles. The molecule has 1 atom stereocenters. The zero-order valence-electron chi connectivity index (χ0n) is 10.5. The maximum absolute atomic E-state index is 6.13. The number of hydrogen-bond acceptors (Lipinski definition) is 4. The number of nitrogens with two attached hydrogens (primary N) is 1. The van der Waals surface area contributed by atoms with Crippen LogP contribution in [0.2, 0.25) is 10.0 Å². The van der Waals surface area contributed by atoms with Gasteiger partial charge in [-0.3, -0.25) is 20.9 Å². The average molecular weight is 300 g/mol. The van der Waals surface area contributed by atoms with Gasteiger partial charge >= 0.3 is 0 Å². The van der Waals surface area contributed by atoms with Gasteiger partial charge in [0.25, 0.3) is 0 Å². The van der Waals surface area contributed by atoms with E-state index in [9.17, 15) is 0 Å². The van der Waals surface area contributed by atoms with Crippen LogP contribution >= 0.6 is 23.2 Å². The van der Waals surface area contributed by atoms with E-state index in [-0.39, 0.29) is 6.04 Å². The number of aromatic nitrogens is 3. The fraction of sp³-hybridized carbons (Fsp3) is 0.333. The molecular weight excluding hydrogens is 285 g/mol. The molecular formula is C12H15Cl2N5. The van der Waals surface area contributed by atoms with Crippen LogP contribution in [0.15, 0.2) is 24.5 Å². The van der Waals surface area contributed by atoms with Gasteiger partial charge in [-0.15, -0.1) is 0 Å². The van der Waals surface area contributed by atoms with E-state index in [1.807, 2.05) is 17.8 Å². The van der Waals surface area contributed by atoms with E-state index in [2.05, 4.69) is 15.5 Å². The Kier molecular flexibility index (Phi) is 4.76. The molecule has 2 rings (SSSR count). The Hall–Kier alpha value is -1.14. The minimum atomic E-state index is -0.125. The standard InChI is InChI=1S/C12H15Cl2N5/c1-19-9(4-5-17-19)2-3-11(18-15)12-10(14)6-8(13)7-16-12/h4-7,11,18H,2-3,15H2,1H3. The molecule has 5 nitrogen and oxygen atoms in total. The fourth-order valence-corrected chi connectivity index (χ4v) is 2.43. The van der Waals surface area contributed by atoms with Gasteiger partial charge in [-0.2, -0.15) is 5.10 Å². The molecule has 0 amide bonds. The molecule has 3 N–H and O–H groups in total. The third kappa shape index (κ3) is 3.45. The van der Waals surface area contributed by atoms with E-state index < -0.39 is 0 Å². The Morgan fingerprint density at radius 2 is 2.26 bits per heavy atom. The van der Waals surface area contributed by atoms with E-state index in [0.717, 1.165) is 18.5 Å². The Balaban J connectivity index is 2.10. The van der Waals surface area contributed by atoms with Gasteiger partial charge in [0.05, 0.1) is 21.8 Å². The van der Waals surface area contributed by atoms with Crippen LogP contribution in [0.4, 0.5) is 0 Å². The fourth-order valence-electron chi connectivity index (χ4n) is 1.92. The van der Waals surface area contributed by atoms with E-state index in [4.69, 9.17) is 29.0 Å². The summed E-state index contributed by atoms with van der Waals surface area (Å²) in [6.45, 7) is 0. The Morgan fingerprint density at radius 3 is 2.84 bits per heavy atom. The first-order chi connectivity index (χ1) is 9.11. The van der Waals surface area contributed by atoms with Crippen molar-refractivity contribution >= 4 is 23.2 Å². The lowest BCUT2D eigenvalue weighted by Crippen LogP contribution is -2.29. The van der Waals surface area contributed by atoms with E-state index in [1.165, 1.54) is 0 Å². The quantitative estimate of drug-likeness (QED) is 0.656.